The van der Waals surface area contributed by atoms with Gasteiger partial charge < -0.3 is 30.6 Å². The van der Waals surface area contributed by atoms with Gasteiger partial charge in [0.1, 0.15) is 0 Å². The first-order chi connectivity index (χ1) is 15.2. The molecule has 0 fully saturated rings. The van der Waals surface area contributed by atoms with Gasteiger partial charge in [-0.1, -0.05) is 13.8 Å². The van der Waals surface area contributed by atoms with Crippen molar-refractivity contribution in [2.45, 2.75) is 38.6 Å². The SMILES string of the molecule is COc1ccc(-c2[nH]c3ccc(NC(=O)C(N)CCC(=O)O)cc3c2C(C)C)cc1OC. The van der Waals surface area contributed by atoms with E-state index in [0.717, 1.165) is 27.7 Å². The largest absolute Gasteiger partial charge is 0.493 e. The molecule has 3 aromatic rings. The van der Waals surface area contributed by atoms with E-state index in [1.165, 1.54) is 0 Å². The number of hydrogen-bond acceptors (Lipinski definition) is 5. The molecule has 1 unspecified atom stereocenters. The monoisotopic (exact) mass is 439 g/mol. The van der Waals surface area contributed by atoms with Crippen LogP contribution < -0.4 is 20.5 Å². The van der Waals surface area contributed by atoms with Crippen molar-refractivity contribution in [2.24, 2.45) is 5.73 Å². The van der Waals surface area contributed by atoms with Crippen LogP contribution in [-0.4, -0.2) is 42.2 Å². The van der Waals surface area contributed by atoms with Gasteiger partial charge in [0.05, 0.1) is 26.0 Å². The number of carbonyl (C=O) groups excluding carboxylic acids is 1. The van der Waals surface area contributed by atoms with E-state index < -0.39 is 17.9 Å². The highest BCUT2D eigenvalue weighted by Crippen LogP contribution is 2.39. The summed E-state index contributed by atoms with van der Waals surface area (Å²) in [5, 5.41) is 12.6. The summed E-state index contributed by atoms with van der Waals surface area (Å²) in [6.07, 6.45) is -0.0775. The zero-order valence-electron chi connectivity index (χ0n) is 18.7. The normalized spacial score (nSPS) is 12.1. The number of aromatic nitrogens is 1. The molecule has 0 radical (unpaired) electrons. The van der Waals surface area contributed by atoms with Crippen molar-refractivity contribution in [2.75, 3.05) is 19.5 Å². The number of nitrogens with one attached hydrogen (secondary N) is 2. The molecule has 0 saturated heterocycles. The fraction of sp³-hybridized carbons (Fsp3) is 0.333. The van der Waals surface area contributed by atoms with Crippen LogP contribution in [0.2, 0.25) is 0 Å². The summed E-state index contributed by atoms with van der Waals surface area (Å²) in [5.41, 5.74) is 10.4. The summed E-state index contributed by atoms with van der Waals surface area (Å²) in [5.74, 6) is 0.110. The van der Waals surface area contributed by atoms with Crippen LogP contribution in [0.3, 0.4) is 0 Å². The maximum atomic E-state index is 12.4. The highest BCUT2D eigenvalue weighted by molar-refractivity contribution is 5.99. The van der Waals surface area contributed by atoms with Crippen molar-refractivity contribution in [3.63, 3.8) is 0 Å². The van der Waals surface area contributed by atoms with Crippen molar-refractivity contribution in [3.8, 4) is 22.8 Å². The average molecular weight is 440 g/mol. The van der Waals surface area contributed by atoms with Crippen molar-refractivity contribution in [3.05, 3.63) is 42.0 Å². The molecule has 0 aliphatic heterocycles. The molecule has 0 spiro atoms. The van der Waals surface area contributed by atoms with E-state index in [1.807, 2.05) is 30.3 Å². The summed E-state index contributed by atoms with van der Waals surface area (Å²) in [6.45, 7) is 4.22. The number of hydrogen-bond donors (Lipinski definition) is 4. The number of amides is 1. The molecule has 0 saturated carbocycles. The minimum absolute atomic E-state index is 0.0776. The fourth-order valence-electron chi connectivity index (χ4n) is 3.75. The predicted octanol–water partition coefficient (Wildman–Crippen LogP) is 4.11. The number of carboxylic acid groups (broad SMARTS) is 1. The van der Waals surface area contributed by atoms with Crippen LogP contribution in [0.5, 0.6) is 11.5 Å². The highest BCUT2D eigenvalue weighted by atomic mass is 16.5. The summed E-state index contributed by atoms with van der Waals surface area (Å²) in [7, 11) is 3.20. The van der Waals surface area contributed by atoms with Crippen molar-refractivity contribution >= 4 is 28.5 Å². The van der Waals surface area contributed by atoms with Gasteiger partial charge in [0.25, 0.3) is 0 Å². The zero-order chi connectivity index (χ0) is 23.4. The van der Waals surface area contributed by atoms with Crippen LogP contribution in [0, 0.1) is 0 Å². The number of aromatic amines is 1. The molecule has 8 nitrogen and oxygen atoms in total. The van der Waals surface area contributed by atoms with E-state index in [1.54, 1.807) is 20.3 Å². The van der Waals surface area contributed by atoms with E-state index in [9.17, 15) is 9.59 Å². The molecular formula is C24H29N3O5. The number of aliphatic carboxylic acids is 1. The molecule has 0 aliphatic rings. The van der Waals surface area contributed by atoms with Gasteiger partial charge >= 0.3 is 5.97 Å². The second-order valence-electron chi connectivity index (χ2n) is 7.93. The van der Waals surface area contributed by atoms with Crippen molar-refractivity contribution < 1.29 is 24.2 Å². The first kappa shape index (κ1) is 23.1. The lowest BCUT2D eigenvalue weighted by Gasteiger charge is -2.13. The van der Waals surface area contributed by atoms with Crippen LogP contribution in [-0.2, 0) is 9.59 Å². The maximum Gasteiger partial charge on any atom is 0.303 e. The van der Waals surface area contributed by atoms with Gasteiger partial charge in [-0.25, -0.2) is 0 Å². The summed E-state index contributed by atoms with van der Waals surface area (Å²) >= 11 is 0. The van der Waals surface area contributed by atoms with Gasteiger partial charge in [0.15, 0.2) is 11.5 Å². The Balaban J connectivity index is 1.97. The Labute approximate surface area is 186 Å². The number of carboxylic acids is 1. The minimum atomic E-state index is -0.980. The lowest BCUT2D eigenvalue weighted by atomic mass is 9.95. The Kier molecular flexibility index (Phi) is 7.05. The summed E-state index contributed by atoms with van der Waals surface area (Å²) < 4.78 is 10.8. The number of fused-ring (bicyclic) bond motifs is 1. The highest BCUT2D eigenvalue weighted by Gasteiger charge is 2.19. The Morgan fingerprint density at radius 2 is 1.81 bits per heavy atom. The van der Waals surface area contributed by atoms with Gasteiger partial charge in [0, 0.05) is 28.6 Å². The van der Waals surface area contributed by atoms with Gasteiger partial charge in [-0.05, 0) is 54.3 Å². The zero-order valence-corrected chi connectivity index (χ0v) is 18.7. The van der Waals surface area contributed by atoms with Crippen LogP contribution >= 0.6 is 0 Å². The maximum absolute atomic E-state index is 12.4. The van der Waals surface area contributed by atoms with Gasteiger partial charge in [-0.3, -0.25) is 9.59 Å². The number of methoxy groups -OCH3 is 2. The first-order valence-corrected chi connectivity index (χ1v) is 10.4. The number of ether oxygens (including phenoxy) is 2. The fourth-order valence-corrected chi connectivity index (χ4v) is 3.75. The van der Waals surface area contributed by atoms with E-state index in [-0.39, 0.29) is 18.8 Å². The Bertz CT molecular complexity index is 1140. The Morgan fingerprint density at radius 1 is 1.09 bits per heavy atom. The molecule has 5 N–H and O–H groups in total. The third-order valence-electron chi connectivity index (χ3n) is 5.36. The van der Waals surface area contributed by atoms with Crippen LogP contribution in [0.25, 0.3) is 22.2 Å². The smallest absolute Gasteiger partial charge is 0.303 e. The molecule has 0 aliphatic carbocycles. The van der Waals surface area contributed by atoms with Gasteiger partial charge in [-0.2, -0.15) is 0 Å². The summed E-state index contributed by atoms with van der Waals surface area (Å²) in [6, 6.07) is 10.5. The molecule has 8 heteroatoms. The molecule has 170 valence electrons. The molecule has 1 heterocycles. The second kappa shape index (κ2) is 9.74. The molecule has 1 amide bonds. The van der Waals surface area contributed by atoms with Crippen LogP contribution in [0.15, 0.2) is 36.4 Å². The number of benzene rings is 2. The molecular weight excluding hydrogens is 410 g/mol. The van der Waals surface area contributed by atoms with Crippen molar-refractivity contribution in [1.29, 1.82) is 0 Å². The second-order valence-corrected chi connectivity index (χ2v) is 7.93. The van der Waals surface area contributed by atoms with Crippen LogP contribution in [0.4, 0.5) is 5.69 Å². The molecule has 0 bridgehead atoms. The van der Waals surface area contributed by atoms with Gasteiger partial charge in [0.2, 0.25) is 5.91 Å². The molecule has 2 aromatic carbocycles. The lowest BCUT2D eigenvalue weighted by molar-refractivity contribution is -0.137. The standard InChI is InChI=1S/C24H29N3O5/c1-13(2)22-16-12-15(26-24(30)17(25)7-10-21(28)29)6-8-18(16)27-23(22)14-5-9-19(31-3)20(11-14)32-4/h5-6,8-9,11-13,17,27H,7,10,25H2,1-4H3,(H,26,30)(H,28,29). The molecule has 1 atom stereocenters. The number of H-pyrrole nitrogens is 1. The van der Waals surface area contributed by atoms with E-state index >= 15 is 0 Å². The number of carbonyl (C=O) groups is 2. The Morgan fingerprint density at radius 3 is 2.44 bits per heavy atom. The number of anilines is 1. The van der Waals surface area contributed by atoms with E-state index in [4.69, 9.17) is 20.3 Å². The topological polar surface area (TPSA) is 127 Å². The van der Waals surface area contributed by atoms with Crippen molar-refractivity contribution in [1.82, 2.24) is 4.98 Å². The number of nitrogens with two attached hydrogens (primary N) is 1. The Hall–Kier alpha value is -3.52. The molecule has 1 aromatic heterocycles. The van der Waals surface area contributed by atoms with Gasteiger partial charge in [-0.15, -0.1) is 0 Å². The molecule has 3 rings (SSSR count). The first-order valence-electron chi connectivity index (χ1n) is 10.4. The number of rotatable bonds is 9. The quantitative estimate of drug-likeness (QED) is 0.397. The average Bonchev–Trinajstić information content (AvgIpc) is 3.15. The predicted molar refractivity (Wildman–Crippen MR) is 124 cm³/mol. The van der Waals surface area contributed by atoms with E-state index in [2.05, 4.69) is 24.1 Å². The van der Waals surface area contributed by atoms with E-state index in [0.29, 0.717) is 17.2 Å². The third-order valence-corrected chi connectivity index (χ3v) is 5.36. The lowest BCUT2D eigenvalue weighted by Crippen LogP contribution is -2.36. The third kappa shape index (κ3) is 4.86. The minimum Gasteiger partial charge on any atom is -0.493 e. The van der Waals surface area contributed by atoms with Crippen LogP contribution in [0.1, 0.15) is 38.2 Å². The summed E-state index contributed by atoms with van der Waals surface area (Å²) in [4.78, 5) is 26.6. The molecule has 32 heavy (non-hydrogen) atoms.